The van der Waals surface area contributed by atoms with Gasteiger partial charge in [-0.05, 0) is 18.2 Å². The van der Waals surface area contributed by atoms with Gasteiger partial charge in [0, 0.05) is 38.5 Å². The minimum atomic E-state index is 0.272. The quantitative estimate of drug-likeness (QED) is 0.492. The number of likely N-dealkylation sites (N-methyl/N-ethyl adjacent to an activating group) is 1. The van der Waals surface area contributed by atoms with E-state index in [-0.39, 0.29) is 6.04 Å². The van der Waals surface area contributed by atoms with Crippen LogP contribution in [0.1, 0.15) is 11.1 Å². The molecule has 1 aromatic heterocycles. The highest BCUT2D eigenvalue weighted by molar-refractivity contribution is 5.41. The van der Waals surface area contributed by atoms with E-state index < -0.39 is 0 Å². The third-order valence-corrected chi connectivity index (χ3v) is 5.13. The largest absolute Gasteiger partial charge is 0.377 e. The molecule has 0 bridgehead atoms. The second-order valence-electron chi connectivity index (χ2n) is 7.70. The normalized spacial score (nSPS) is 12.1. The summed E-state index contributed by atoms with van der Waals surface area (Å²) in [5.41, 5.74) is 3.73. The van der Waals surface area contributed by atoms with E-state index in [1.165, 1.54) is 16.8 Å². The molecule has 0 saturated heterocycles. The van der Waals surface area contributed by atoms with Crippen LogP contribution in [0.4, 0.5) is 5.69 Å². The number of pyridine rings is 1. The molecule has 0 aliphatic rings. The molecule has 2 aromatic carbocycles. The molecule has 152 valence electrons. The highest BCUT2D eigenvalue weighted by atomic mass is 16.5. The summed E-state index contributed by atoms with van der Waals surface area (Å²) in [5, 5.41) is 0. The van der Waals surface area contributed by atoms with E-state index in [1.54, 1.807) is 0 Å². The van der Waals surface area contributed by atoms with Crippen molar-refractivity contribution in [2.45, 2.75) is 25.7 Å². The average molecular weight is 391 g/mol. The van der Waals surface area contributed by atoms with Crippen LogP contribution < -0.4 is 9.47 Å². The SMILES string of the molecule is CN(C)c1cc[n+](CC(COCc2ccccc2)N(C)Cc2ccccc2)cc1. The Morgan fingerprint density at radius 1 is 0.793 bits per heavy atom. The van der Waals surface area contributed by atoms with Gasteiger partial charge in [-0.25, -0.2) is 4.57 Å². The van der Waals surface area contributed by atoms with Crippen LogP contribution in [-0.4, -0.2) is 38.7 Å². The van der Waals surface area contributed by atoms with E-state index in [2.05, 4.69) is 115 Å². The Labute approximate surface area is 175 Å². The van der Waals surface area contributed by atoms with Gasteiger partial charge in [0.05, 0.1) is 19.3 Å². The van der Waals surface area contributed by atoms with Crippen LogP contribution in [0.15, 0.2) is 85.2 Å². The van der Waals surface area contributed by atoms with Gasteiger partial charge >= 0.3 is 0 Å². The van der Waals surface area contributed by atoms with E-state index >= 15 is 0 Å². The molecule has 1 unspecified atom stereocenters. The minimum absolute atomic E-state index is 0.272. The number of benzene rings is 2. The molecule has 3 rings (SSSR count). The number of hydrogen-bond donors (Lipinski definition) is 0. The maximum Gasteiger partial charge on any atom is 0.170 e. The fourth-order valence-corrected chi connectivity index (χ4v) is 3.32. The van der Waals surface area contributed by atoms with E-state index in [9.17, 15) is 0 Å². The van der Waals surface area contributed by atoms with Crippen molar-refractivity contribution in [2.75, 3.05) is 32.6 Å². The molecule has 0 aliphatic carbocycles. The summed E-state index contributed by atoms with van der Waals surface area (Å²) < 4.78 is 8.35. The maximum atomic E-state index is 6.11. The fourth-order valence-electron chi connectivity index (χ4n) is 3.32. The Bertz CT molecular complexity index is 835. The van der Waals surface area contributed by atoms with Crippen LogP contribution in [0.25, 0.3) is 0 Å². The molecule has 0 amide bonds. The lowest BCUT2D eigenvalue weighted by Crippen LogP contribution is -2.48. The Balaban J connectivity index is 1.65. The number of anilines is 1. The van der Waals surface area contributed by atoms with Crippen molar-refractivity contribution in [1.82, 2.24) is 4.90 Å². The van der Waals surface area contributed by atoms with Gasteiger partial charge < -0.3 is 9.64 Å². The minimum Gasteiger partial charge on any atom is -0.377 e. The van der Waals surface area contributed by atoms with Gasteiger partial charge in [-0.2, -0.15) is 0 Å². The van der Waals surface area contributed by atoms with Gasteiger partial charge in [0.1, 0.15) is 0 Å². The van der Waals surface area contributed by atoms with Crippen molar-refractivity contribution in [3.8, 4) is 0 Å². The van der Waals surface area contributed by atoms with Gasteiger partial charge in [-0.15, -0.1) is 0 Å². The number of hydrogen-bond acceptors (Lipinski definition) is 3. The highest BCUT2D eigenvalue weighted by Crippen LogP contribution is 2.10. The zero-order valence-electron chi connectivity index (χ0n) is 17.7. The summed E-state index contributed by atoms with van der Waals surface area (Å²) in [6.45, 7) is 3.10. The lowest BCUT2D eigenvalue weighted by atomic mass is 10.2. The van der Waals surface area contributed by atoms with Gasteiger partial charge in [0.25, 0.3) is 0 Å². The Kier molecular flexibility index (Phi) is 7.79. The van der Waals surface area contributed by atoms with Crippen LogP contribution in [0.3, 0.4) is 0 Å². The lowest BCUT2D eigenvalue weighted by molar-refractivity contribution is -0.701. The van der Waals surface area contributed by atoms with Crippen LogP contribution in [-0.2, 0) is 24.4 Å². The second-order valence-corrected chi connectivity index (χ2v) is 7.70. The standard InChI is InChI=1S/C25H32N3O/c1-26(2)24-14-16-28(17-15-24)19-25(21-29-20-23-12-8-5-9-13-23)27(3)18-22-10-6-4-7-11-22/h4-17,25H,18-21H2,1-3H3/q+1. The molecule has 0 aliphatic heterocycles. The van der Waals surface area contributed by atoms with Gasteiger partial charge in [-0.1, -0.05) is 60.7 Å². The number of ether oxygens (including phenoxy) is 1. The first-order valence-electron chi connectivity index (χ1n) is 10.1. The average Bonchev–Trinajstić information content (AvgIpc) is 2.75. The van der Waals surface area contributed by atoms with Gasteiger partial charge in [0.2, 0.25) is 0 Å². The van der Waals surface area contributed by atoms with E-state index in [1.807, 2.05) is 6.07 Å². The van der Waals surface area contributed by atoms with E-state index in [0.717, 1.165) is 13.1 Å². The van der Waals surface area contributed by atoms with E-state index in [0.29, 0.717) is 13.2 Å². The van der Waals surface area contributed by atoms with Crippen molar-refractivity contribution in [3.05, 3.63) is 96.3 Å². The van der Waals surface area contributed by atoms with Crippen molar-refractivity contribution in [2.24, 2.45) is 0 Å². The Morgan fingerprint density at radius 2 is 1.38 bits per heavy atom. The second kappa shape index (κ2) is 10.7. The first-order valence-corrected chi connectivity index (χ1v) is 10.1. The predicted octanol–water partition coefficient (Wildman–Crippen LogP) is 3.76. The number of aromatic nitrogens is 1. The first kappa shape index (κ1) is 21.0. The molecule has 4 heteroatoms. The molecule has 0 fully saturated rings. The molecule has 0 radical (unpaired) electrons. The molecule has 1 atom stereocenters. The lowest BCUT2D eigenvalue weighted by Gasteiger charge is -2.26. The maximum absolute atomic E-state index is 6.11. The molecule has 1 heterocycles. The summed E-state index contributed by atoms with van der Waals surface area (Å²) in [6.07, 6.45) is 4.30. The number of rotatable bonds is 10. The van der Waals surface area contributed by atoms with Gasteiger partial charge in [0.15, 0.2) is 18.9 Å². The topological polar surface area (TPSA) is 19.6 Å². The monoisotopic (exact) mass is 390 g/mol. The first-order chi connectivity index (χ1) is 14.1. The summed E-state index contributed by atoms with van der Waals surface area (Å²) in [7, 11) is 6.30. The van der Waals surface area contributed by atoms with Crippen molar-refractivity contribution < 1.29 is 9.30 Å². The van der Waals surface area contributed by atoms with Crippen molar-refractivity contribution in [3.63, 3.8) is 0 Å². The molecular weight excluding hydrogens is 358 g/mol. The van der Waals surface area contributed by atoms with Crippen LogP contribution in [0, 0.1) is 0 Å². The molecule has 0 saturated carbocycles. The summed E-state index contributed by atoms with van der Waals surface area (Å²) in [4.78, 5) is 4.50. The number of nitrogens with zero attached hydrogens (tertiary/aromatic N) is 3. The summed E-state index contributed by atoms with van der Waals surface area (Å²) >= 11 is 0. The Hall–Kier alpha value is -2.69. The predicted molar refractivity (Wildman–Crippen MR) is 119 cm³/mol. The van der Waals surface area contributed by atoms with Crippen LogP contribution >= 0.6 is 0 Å². The molecule has 4 nitrogen and oxygen atoms in total. The van der Waals surface area contributed by atoms with Crippen LogP contribution in [0.2, 0.25) is 0 Å². The van der Waals surface area contributed by atoms with Crippen LogP contribution in [0.5, 0.6) is 0 Å². The highest BCUT2D eigenvalue weighted by Gasteiger charge is 2.20. The third-order valence-electron chi connectivity index (χ3n) is 5.13. The molecule has 0 spiro atoms. The molecule has 29 heavy (non-hydrogen) atoms. The van der Waals surface area contributed by atoms with E-state index in [4.69, 9.17) is 4.74 Å². The molecular formula is C25H32N3O+. The zero-order valence-corrected chi connectivity index (χ0v) is 17.7. The molecule has 0 N–H and O–H groups in total. The third kappa shape index (κ3) is 6.70. The summed E-state index contributed by atoms with van der Waals surface area (Å²) in [5.74, 6) is 0. The fraction of sp³-hybridized carbons (Fsp3) is 0.320. The van der Waals surface area contributed by atoms with Gasteiger partial charge in [-0.3, -0.25) is 4.90 Å². The summed E-state index contributed by atoms with van der Waals surface area (Å²) in [6, 6.07) is 25.5. The Morgan fingerprint density at radius 3 is 1.97 bits per heavy atom. The van der Waals surface area contributed by atoms with Crippen molar-refractivity contribution >= 4 is 5.69 Å². The zero-order chi connectivity index (χ0) is 20.5. The molecule has 3 aromatic rings. The van der Waals surface area contributed by atoms with Crippen molar-refractivity contribution in [1.29, 1.82) is 0 Å². The smallest absolute Gasteiger partial charge is 0.170 e.